The fourth-order valence-corrected chi connectivity index (χ4v) is 3.65. The Morgan fingerprint density at radius 1 is 1.10 bits per heavy atom. The minimum absolute atomic E-state index is 0. The fraction of sp³-hybridized carbons (Fsp3) is 0.636. The van der Waals surface area contributed by atoms with E-state index in [4.69, 9.17) is 4.99 Å². The number of guanidine groups is 1. The van der Waals surface area contributed by atoms with E-state index in [1.807, 2.05) is 0 Å². The first-order chi connectivity index (χ1) is 13.7. The van der Waals surface area contributed by atoms with Crippen molar-refractivity contribution in [3.8, 4) is 0 Å². The van der Waals surface area contributed by atoms with E-state index in [1.165, 1.54) is 24.0 Å². The van der Waals surface area contributed by atoms with E-state index >= 15 is 0 Å². The van der Waals surface area contributed by atoms with E-state index in [0.717, 1.165) is 45.0 Å². The van der Waals surface area contributed by atoms with Gasteiger partial charge in [0, 0.05) is 25.6 Å². The average molecular weight is 513 g/mol. The average Bonchev–Trinajstić information content (AvgIpc) is 3.42. The second-order valence-corrected chi connectivity index (χ2v) is 7.88. The standard InChI is InChI=1S/C22H35N5O.HI/c1-3-23-22(25-13-12-24-21(28)19-10-11-19)26-16-20(27-14-4-5-15-27)18-8-6-17(2)7-9-18;/h6-9,19-20H,3-5,10-16H2,1-2H3,(H,24,28)(H2,23,25,26);1H. The highest BCUT2D eigenvalue weighted by molar-refractivity contribution is 14.0. The van der Waals surface area contributed by atoms with Crippen LogP contribution in [0, 0.1) is 12.8 Å². The van der Waals surface area contributed by atoms with Gasteiger partial charge in [-0.25, -0.2) is 0 Å². The van der Waals surface area contributed by atoms with E-state index in [-0.39, 0.29) is 35.8 Å². The number of rotatable bonds is 9. The van der Waals surface area contributed by atoms with Crippen molar-refractivity contribution < 1.29 is 4.79 Å². The lowest BCUT2D eigenvalue weighted by molar-refractivity contribution is -0.122. The maximum absolute atomic E-state index is 11.7. The number of aryl methyl sites for hydroxylation is 1. The molecule has 7 heteroatoms. The summed E-state index contributed by atoms with van der Waals surface area (Å²) in [4.78, 5) is 19.1. The lowest BCUT2D eigenvalue weighted by atomic mass is 10.0. The number of amides is 1. The van der Waals surface area contributed by atoms with E-state index in [9.17, 15) is 4.79 Å². The molecule has 1 aromatic carbocycles. The van der Waals surface area contributed by atoms with Gasteiger partial charge < -0.3 is 16.0 Å². The van der Waals surface area contributed by atoms with Gasteiger partial charge in [0.2, 0.25) is 5.91 Å². The topological polar surface area (TPSA) is 68.8 Å². The van der Waals surface area contributed by atoms with Gasteiger partial charge in [0.15, 0.2) is 5.96 Å². The Kier molecular flexibility index (Phi) is 10.2. The maximum atomic E-state index is 11.7. The van der Waals surface area contributed by atoms with Crippen molar-refractivity contribution in [1.82, 2.24) is 20.9 Å². The van der Waals surface area contributed by atoms with Crippen molar-refractivity contribution in [2.24, 2.45) is 10.9 Å². The quantitative estimate of drug-likeness (QED) is 0.206. The molecule has 1 saturated heterocycles. The molecule has 1 aliphatic heterocycles. The van der Waals surface area contributed by atoms with Crippen molar-refractivity contribution in [2.75, 3.05) is 39.3 Å². The molecule has 6 nitrogen and oxygen atoms in total. The van der Waals surface area contributed by atoms with Gasteiger partial charge in [0.1, 0.15) is 0 Å². The minimum atomic E-state index is 0. The lowest BCUT2D eigenvalue weighted by Gasteiger charge is -2.27. The fourth-order valence-electron chi connectivity index (χ4n) is 3.65. The van der Waals surface area contributed by atoms with Crippen LogP contribution in [0.5, 0.6) is 0 Å². The molecule has 1 atom stereocenters. The number of carbonyl (C=O) groups is 1. The number of benzene rings is 1. The van der Waals surface area contributed by atoms with Crippen molar-refractivity contribution in [2.45, 2.75) is 45.6 Å². The molecule has 0 bridgehead atoms. The van der Waals surface area contributed by atoms with Crippen LogP contribution in [0.4, 0.5) is 0 Å². The summed E-state index contributed by atoms with van der Waals surface area (Å²) in [7, 11) is 0. The molecule has 3 rings (SSSR count). The first-order valence-corrected chi connectivity index (χ1v) is 10.8. The van der Waals surface area contributed by atoms with Crippen molar-refractivity contribution in [3.63, 3.8) is 0 Å². The Labute approximate surface area is 192 Å². The normalized spacial score (nSPS) is 18.1. The number of nitrogens with zero attached hydrogens (tertiary/aromatic N) is 2. The molecule has 0 radical (unpaired) electrons. The number of hydrogen-bond donors (Lipinski definition) is 3. The molecule has 1 aromatic rings. The monoisotopic (exact) mass is 513 g/mol. The van der Waals surface area contributed by atoms with Crippen LogP contribution in [0.3, 0.4) is 0 Å². The number of carbonyl (C=O) groups excluding carboxylic acids is 1. The first-order valence-electron chi connectivity index (χ1n) is 10.8. The second-order valence-electron chi connectivity index (χ2n) is 7.88. The van der Waals surface area contributed by atoms with Crippen LogP contribution in [-0.2, 0) is 4.79 Å². The van der Waals surface area contributed by atoms with Gasteiger partial charge in [-0.15, -0.1) is 24.0 Å². The van der Waals surface area contributed by atoms with Crippen LogP contribution in [0.1, 0.15) is 49.8 Å². The molecule has 1 saturated carbocycles. The van der Waals surface area contributed by atoms with Gasteiger partial charge >= 0.3 is 0 Å². The summed E-state index contributed by atoms with van der Waals surface area (Å²) in [5.41, 5.74) is 2.62. The molecule has 3 N–H and O–H groups in total. The predicted molar refractivity (Wildman–Crippen MR) is 130 cm³/mol. The summed E-state index contributed by atoms with van der Waals surface area (Å²) in [5, 5.41) is 9.66. The molecule has 1 heterocycles. The smallest absolute Gasteiger partial charge is 0.223 e. The molecule has 29 heavy (non-hydrogen) atoms. The van der Waals surface area contributed by atoms with Crippen LogP contribution in [0.2, 0.25) is 0 Å². The summed E-state index contributed by atoms with van der Waals surface area (Å²) < 4.78 is 0. The molecule has 162 valence electrons. The molecule has 1 amide bonds. The van der Waals surface area contributed by atoms with Crippen LogP contribution in [0.15, 0.2) is 29.3 Å². The van der Waals surface area contributed by atoms with Gasteiger partial charge in [0.25, 0.3) is 0 Å². The van der Waals surface area contributed by atoms with Gasteiger partial charge in [0.05, 0.1) is 12.6 Å². The number of halogens is 1. The molecule has 0 aromatic heterocycles. The summed E-state index contributed by atoms with van der Waals surface area (Å²) in [6.07, 6.45) is 4.62. The van der Waals surface area contributed by atoms with Crippen molar-refractivity contribution in [3.05, 3.63) is 35.4 Å². The zero-order valence-corrected chi connectivity index (χ0v) is 20.1. The van der Waals surface area contributed by atoms with Crippen molar-refractivity contribution in [1.29, 1.82) is 0 Å². The van der Waals surface area contributed by atoms with Crippen LogP contribution in [-0.4, -0.2) is 56.0 Å². The van der Waals surface area contributed by atoms with Crippen LogP contribution in [0.25, 0.3) is 0 Å². The Morgan fingerprint density at radius 3 is 2.38 bits per heavy atom. The van der Waals surface area contributed by atoms with Gasteiger partial charge in [-0.1, -0.05) is 29.8 Å². The molecule has 0 spiro atoms. The van der Waals surface area contributed by atoms with E-state index in [1.54, 1.807) is 0 Å². The molecule has 1 unspecified atom stereocenters. The SMILES string of the molecule is CCNC(=NCC(c1ccc(C)cc1)N1CCCC1)NCCNC(=O)C1CC1.I. The van der Waals surface area contributed by atoms with Crippen molar-refractivity contribution >= 4 is 35.8 Å². The van der Waals surface area contributed by atoms with E-state index < -0.39 is 0 Å². The van der Waals surface area contributed by atoms with E-state index in [2.05, 4.69) is 59.0 Å². The highest BCUT2D eigenvalue weighted by atomic mass is 127. The largest absolute Gasteiger partial charge is 0.357 e. The molecular formula is C22H36IN5O. The zero-order chi connectivity index (χ0) is 19.8. The Morgan fingerprint density at radius 2 is 1.76 bits per heavy atom. The highest BCUT2D eigenvalue weighted by Crippen LogP contribution is 2.28. The molecule has 2 fully saturated rings. The Balaban J connectivity index is 0.00000300. The minimum Gasteiger partial charge on any atom is -0.357 e. The number of likely N-dealkylation sites (tertiary alicyclic amines) is 1. The van der Waals surface area contributed by atoms with Crippen LogP contribution >= 0.6 is 24.0 Å². The first kappa shape index (κ1) is 23.9. The predicted octanol–water partition coefficient (Wildman–Crippen LogP) is 2.83. The van der Waals surface area contributed by atoms with Crippen LogP contribution < -0.4 is 16.0 Å². The number of nitrogens with one attached hydrogen (secondary N) is 3. The number of aliphatic imine (C=N–C) groups is 1. The van der Waals surface area contributed by atoms with Gasteiger partial charge in [-0.2, -0.15) is 0 Å². The van der Waals surface area contributed by atoms with Gasteiger partial charge in [-0.3, -0.25) is 14.7 Å². The van der Waals surface area contributed by atoms with Gasteiger partial charge in [-0.05, 0) is 58.2 Å². The second kappa shape index (κ2) is 12.4. The zero-order valence-electron chi connectivity index (χ0n) is 17.7. The van der Waals surface area contributed by atoms with E-state index in [0.29, 0.717) is 19.1 Å². The summed E-state index contributed by atoms with van der Waals surface area (Å²) in [6, 6.07) is 9.17. The number of hydrogen-bond acceptors (Lipinski definition) is 3. The third-order valence-electron chi connectivity index (χ3n) is 5.47. The lowest BCUT2D eigenvalue weighted by Crippen LogP contribution is -2.42. The molecule has 1 aliphatic carbocycles. The summed E-state index contributed by atoms with van der Waals surface area (Å²) in [5.74, 6) is 1.27. The third-order valence-corrected chi connectivity index (χ3v) is 5.47. The molecular weight excluding hydrogens is 477 g/mol. The Hall–Kier alpha value is -1.35. The Bertz CT molecular complexity index is 654. The molecule has 2 aliphatic rings. The maximum Gasteiger partial charge on any atom is 0.223 e. The summed E-state index contributed by atoms with van der Waals surface area (Å²) in [6.45, 7) is 9.35. The third kappa shape index (κ3) is 7.77. The summed E-state index contributed by atoms with van der Waals surface area (Å²) >= 11 is 0. The highest BCUT2D eigenvalue weighted by Gasteiger charge is 2.29.